The van der Waals surface area contributed by atoms with E-state index in [1.807, 2.05) is 46.3 Å². The van der Waals surface area contributed by atoms with Gasteiger partial charge in [-0.05, 0) is 31.0 Å². The molecule has 0 N–H and O–H groups in total. The fourth-order valence-electron chi connectivity index (χ4n) is 3.50. The summed E-state index contributed by atoms with van der Waals surface area (Å²) in [7, 11) is 0. The van der Waals surface area contributed by atoms with E-state index in [-0.39, 0.29) is 5.91 Å². The van der Waals surface area contributed by atoms with Crippen molar-refractivity contribution in [3.63, 3.8) is 0 Å². The standard InChI is InChI=1S/C18H24N6O/c25-17(15-21-7-1-2-8-21)23-13-11-22(12-14-23)16-5-6-19-18(20-16)24-9-3-4-10-24/h1-2,5-8H,3-4,9-15H2. The largest absolute Gasteiger partial charge is 0.353 e. The molecule has 0 unspecified atom stereocenters. The molecular weight excluding hydrogens is 316 g/mol. The van der Waals surface area contributed by atoms with Crippen LogP contribution in [-0.4, -0.2) is 64.6 Å². The van der Waals surface area contributed by atoms with Crippen molar-refractivity contribution in [2.45, 2.75) is 19.4 Å². The fraction of sp³-hybridized carbons (Fsp3) is 0.500. The van der Waals surface area contributed by atoms with Gasteiger partial charge in [-0.3, -0.25) is 4.79 Å². The second-order valence-corrected chi connectivity index (χ2v) is 6.63. The summed E-state index contributed by atoms with van der Waals surface area (Å²) in [5, 5.41) is 0. The number of anilines is 2. The smallest absolute Gasteiger partial charge is 0.242 e. The van der Waals surface area contributed by atoms with Gasteiger partial charge in [-0.1, -0.05) is 0 Å². The third kappa shape index (κ3) is 3.60. The minimum atomic E-state index is 0.177. The molecule has 1 amide bonds. The molecule has 2 aliphatic rings. The number of carbonyl (C=O) groups excluding carboxylic acids is 1. The van der Waals surface area contributed by atoms with Crippen molar-refractivity contribution in [2.75, 3.05) is 49.1 Å². The second kappa shape index (κ2) is 7.13. The van der Waals surface area contributed by atoms with Crippen LogP contribution in [0.3, 0.4) is 0 Å². The summed E-state index contributed by atoms with van der Waals surface area (Å²) in [6, 6.07) is 5.85. The van der Waals surface area contributed by atoms with Crippen molar-refractivity contribution in [3.05, 3.63) is 36.8 Å². The molecule has 4 heterocycles. The number of aromatic nitrogens is 3. The molecular formula is C18H24N6O. The van der Waals surface area contributed by atoms with E-state index in [9.17, 15) is 4.79 Å². The van der Waals surface area contributed by atoms with Crippen molar-refractivity contribution in [1.29, 1.82) is 0 Å². The lowest BCUT2D eigenvalue weighted by atomic mass is 10.3. The normalized spacial score (nSPS) is 18.0. The van der Waals surface area contributed by atoms with E-state index in [0.717, 1.165) is 51.0 Å². The summed E-state index contributed by atoms with van der Waals surface area (Å²) < 4.78 is 1.92. The zero-order valence-corrected chi connectivity index (χ0v) is 14.4. The predicted molar refractivity (Wildman–Crippen MR) is 96.7 cm³/mol. The highest BCUT2D eigenvalue weighted by atomic mass is 16.2. The van der Waals surface area contributed by atoms with Crippen molar-refractivity contribution < 1.29 is 4.79 Å². The molecule has 25 heavy (non-hydrogen) atoms. The maximum atomic E-state index is 12.4. The summed E-state index contributed by atoms with van der Waals surface area (Å²) in [5.41, 5.74) is 0. The first-order chi connectivity index (χ1) is 12.3. The molecule has 0 aliphatic carbocycles. The van der Waals surface area contributed by atoms with E-state index in [2.05, 4.69) is 14.8 Å². The van der Waals surface area contributed by atoms with Gasteiger partial charge in [0.1, 0.15) is 12.4 Å². The predicted octanol–water partition coefficient (Wildman–Crippen LogP) is 1.23. The molecule has 0 bridgehead atoms. The molecule has 0 aromatic carbocycles. The van der Waals surface area contributed by atoms with Crippen LogP contribution in [0.1, 0.15) is 12.8 Å². The Morgan fingerprint density at radius 2 is 1.68 bits per heavy atom. The van der Waals surface area contributed by atoms with E-state index in [1.165, 1.54) is 12.8 Å². The van der Waals surface area contributed by atoms with Gasteiger partial charge in [-0.25, -0.2) is 4.98 Å². The number of rotatable bonds is 4. The number of piperazine rings is 1. The van der Waals surface area contributed by atoms with Gasteiger partial charge in [0.25, 0.3) is 0 Å². The van der Waals surface area contributed by atoms with Crippen molar-refractivity contribution in [1.82, 2.24) is 19.4 Å². The lowest BCUT2D eigenvalue weighted by molar-refractivity contribution is -0.132. The average molecular weight is 340 g/mol. The van der Waals surface area contributed by atoms with Crippen LogP contribution in [0.25, 0.3) is 0 Å². The molecule has 2 aromatic heterocycles. The number of nitrogens with zero attached hydrogens (tertiary/aromatic N) is 6. The van der Waals surface area contributed by atoms with Crippen molar-refractivity contribution in [2.24, 2.45) is 0 Å². The van der Waals surface area contributed by atoms with E-state index in [0.29, 0.717) is 6.54 Å². The Hall–Kier alpha value is -2.57. The maximum Gasteiger partial charge on any atom is 0.242 e. The SMILES string of the molecule is O=C(Cn1cccc1)N1CCN(c2ccnc(N3CCCC3)n2)CC1. The van der Waals surface area contributed by atoms with Gasteiger partial charge < -0.3 is 19.3 Å². The first-order valence-electron chi connectivity index (χ1n) is 9.01. The number of hydrogen-bond donors (Lipinski definition) is 0. The van der Waals surface area contributed by atoms with Crippen LogP contribution in [0.4, 0.5) is 11.8 Å². The molecule has 2 aromatic rings. The Kier molecular flexibility index (Phi) is 4.54. The van der Waals surface area contributed by atoms with Gasteiger partial charge in [0, 0.05) is 57.9 Å². The van der Waals surface area contributed by atoms with Gasteiger partial charge in [0.15, 0.2) is 0 Å². The molecule has 2 fully saturated rings. The Bertz CT molecular complexity index is 702. The van der Waals surface area contributed by atoms with Gasteiger partial charge >= 0.3 is 0 Å². The van der Waals surface area contributed by atoms with E-state index in [1.54, 1.807) is 0 Å². The summed E-state index contributed by atoms with van der Waals surface area (Å²) in [6.07, 6.45) is 8.13. The second-order valence-electron chi connectivity index (χ2n) is 6.63. The van der Waals surface area contributed by atoms with Crippen LogP contribution in [-0.2, 0) is 11.3 Å². The first-order valence-corrected chi connectivity index (χ1v) is 9.01. The minimum Gasteiger partial charge on any atom is -0.353 e. The van der Waals surface area contributed by atoms with Crippen LogP contribution >= 0.6 is 0 Å². The fourth-order valence-corrected chi connectivity index (χ4v) is 3.50. The molecule has 0 spiro atoms. The van der Waals surface area contributed by atoms with E-state index < -0.39 is 0 Å². The minimum absolute atomic E-state index is 0.177. The Balaban J connectivity index is 1.35. The van der Waals surface area contributed by atoms with Gasteiger partial charge in [0.05, 0.1) is 0 Å². The molecule has 7 heteroatoms. The van der Waals surface area contributed by atoms with Crippen LogP contribution in [0.2, 0.25) is 0 Å². The maximum absolute atomic E-state index is 12.4. The lowest BCUT2D eigenvalue weighted by Gasteiger charge is -2.35. The summed E-state index contributed by atoms with van der Waals surface area (Å²) in [5.74, 6) is 1.98. The molecule has 2 saturated heterocycles. The van der Waals surface area contributed by atoms with Crippen molar-refractivity contribution in [3.8, 4) is 0 Å². The van der Waals surface area contributed by atoms with E-state index >= 15 is 0 Å². The van der Waals surface area contributed by atoms with Crippen molar-refractivity contribution >= 4 is 17.7 Å². The highest BCUT2D eigenvalue weighted by molar-refractivity contribution is 5.76. The first kappa shape index (κ1) is 15.9. The zero-order valence-electron chi connectivity index (χ0n) is 14.4. The average Bonchev–Trinajstić information content (AvgIpc) is 3.36. The highest BCUT2D eigenvalue weighted by Crippen LogP contribution is 2.20. The third-order valence-corrected chi connectivity index (χ3v) is 4.96. The van der Waals surface area contributed by atoms with Gasteiger partial charge in [-0.15, -0.1) is 0 Å². The summed E-state index contributed by atoms with van der Waals surface area (Å²) in [6.45, 7) is 5.61. The number of amides is 1. The van der Waals surface area contributed by atoms with Crippen LogP contribution in [0, 0.1) is 0 Å². The quantitative estimate of drug-likeness (QED) is 0.838. The van der Waals surface area contributed by atoms with E-state index in [4.69, 9.17) is 4.98 Å². The number of hydrogen-bond acceptors (Lipinski definition) is 5. The molecule has 132 valence electrons. The monoisotopic (exact) mass is 340 g/mol. The van der Waals surface area contributed by atoms with Gasteiger partial charge in [-0.2, -0.15) is 4.98 Å². The molecule has 7 nitrogen and oxygen atoms in total. The zero-order chi connectivity index (χ0) is 17.1. The van der Waals surface area contributed by atoms with Gasteiger partial charge in [0.2, 0.25) is 11.9 Å². The Labute approximate surface area is 147 Å². The molecule has 0 saturated carbocycles. The molecule has 0 radical (unpaired) electrons. The topological polar surface area (TPSA) is 57.5 Å². The molecule has 2 aliphatic heterocycles. The Morgan fingerprint density at radius 3 is 2.40 bits per heavy atom. The van der Waals surface area contributed by atoms with Crippen LogP contribution < -0.4 is 9.80 Å². The third-order valence-electron chi connectivity index (χ3n) is 4.96. The highest BCUT2D eigenvalue weighted by Gasteiger charge is 2.23. The number of carbonyl (C=O) groups is 1. The van der Waals surface area contributed by atoms with Crippen LogP contribution in [0.15, 0.2) is 36.8 Å². The summed E-state index contributed by atoms with van der Waals surface area (Å²) in [4.78, 5) is 28.0. The van der Waals surface area contributed by atoms with Crippen LogP contribution in [0.5, 0.6) is 0 Å². The Morgan fingerprint density at radius 1 is 0.960 bits per heavy atom. The summed E-state index contributed by atoms with van der Waals surface area (Å²) >= 11 is 0. The molecule has 4 rings (SSSR count). The lowest BCUT2D eigenvalue weighted by Crippen LogP contribution is -2.49. The molecule has 0 atom stereocenters.